The molecule has 1 aromatic heterocycles. The number of rotatable bonds is 6. The molecule has 6 nitrogen and oxygen atoms in total. The van der Waals surface area contributed by atoms with Gasteiger partial charge in [0.15, 0.2) is 6.10 Å². The van der Waals surface area contributed by atoms with E-state index in [1.54, 1.807) is 18.5 Å². The lowest BCUT2D eigenvalue weighted by atomic mass is 9.95. The van der Waals surface area contributed by atoms with Crippen LogP contribution in [0.1, 0.15) is 60.6 Å². The van der Waals surface area contributed by atoms with Crippen molar-refractivity contribution in [3.8, 4) is 0 Å². The van der Waals surface area contributed by atoms with Gasteiger partial charge in [0.2, 0.25) is 0 Å². The number of carbonyl (C=O) groups is 2. The van der Waals surface area contributed by atoms with Crippen LogP contribution in [0.25, 0.3) is 0 Å². The van der Waals surface area contributed by atoms with Crippen LogP contribution < -0.4 is 5.32 Å². The maximum atomic E-state index is 12.6. The first-order chi connectivity index (χ1) is 13.5. The number of esters is 1. The van der Waals surface area contributed by atoms with E-state index in [4.69, 9.17) is 16.3 Å². The molecule has 1 fully saturated rings. The van der Waals surface area contributed by atoms with Gasteiger partial charge in [-0.15, -0.1) is 0 Å². The summed E-state index contributed by atoms with van der Waals surface area (Å²) in [4.78, 5) is 25.0. The molecule has 1 N–H and O–H groups in total. The molecule has 1 aliphatic rings. The number of halogens is 1. The summed E-state index contributed by atoms with van der Waals surface area (Å²) in [7, 11) is 0. The second-order valence-corrected chi connectivity index (χ2v) is 7.64. The Hall–Kier alpha value is -2.34. The van der Waals surface area contributed by atoms with E-state index >= 15 is 0 Å². The van der Waals surface area contributed by atoms with Crippen LogP contribution >= 0.6 is 11.6 Å². The molecule has 1 saturated carbocycles. The number of aromatic nitrogens is 2. The predicted octanol–water partition coefficient (Wildman–Crippen LogP) is 3.89. The van der Waals surface area contributed by atoms with Gasteiger partial charge < -0.3 is 10.1 Å². The SMILES string of the molecule is Cc1nn(Cc2ccccc2)c(Cl)c1C(=O)O[C@@H](C)C(=O)NC1CCCCC1. The first-order valence-corrected chi connectivity index (χ1v) is 10.1. The highest BCUT2D eigenvalue weighted by molar-refractivity contribution is 6.32. The van der Waals surface area contributed by atoms with E-state index in [9.17, 15) is 9.59 Å². The lowest BCUT2D eigenvalue weighted by Crippen LogP contribution is -2.42. The van der Waals surface area contributed by atoms with Crippen molar-refractivity contribution in [2.75, 3.05) is 0 Å². The summed E-state index contributed by atoms with van der Waals surface area (Å²) in [6.45, 7) is 3.73. The molecule has 7 heteroatoms. The van der Waals surface area contributed by atoms with Gasteiger partial charge in [0.1, 0.15) is 10.7 Å². The summed E-state index contributed by atoms with van der Waals surface area (Å²) in [6.07, 6.45) is 4.51. The largest absolute Gasteiger partial charge is 0.449 e. The summed E-state index contributed by atoms with van der Waals surface area (Å²) in [6, 6.07) is 9.89. The maximum Gasteiger partial charge on any atom is 0.343 e. The van der Waals surface area contributed by atoms with Crippen LogP contribution in [-0.2, 0) is 16.1 Å². The number of carbonyl (C=O) groups excluding carboxylic acids is 2. The third-order valence-electron chi connectivity index (χ3n) is 5.05. The Balaban J connectivity index is 1.64. The molecular weight excluding hydrogens is 378 g/mol. The fraction of sp³-hybridized carbons (Fsp3) is 0.476. The third kappa shape index (κ3) is 4.93. The Morgan fingerprint density at radius 2 is 1.93 bits per heavy atom. The highest BCUT2D eigenvalue weighted by Gasteiger charge is 2.27. The standard InChI is InChI=1S/C21H26ClN3O3/c1-14-18(19(22)25(24-14)13-16-9-5-3-6-10-16)21(27)28-15(2)20(26)23-17-11-7-4-8-12-17/h3,5-6,9-10,15,17H,4,7-8,11-13H2,1-2H3,(H,23,26)/t15-/m0/s1. The minimum atomic E-state index is -0.887. The summed E-state index contributed by atoms with van der Waals surface area (Å²) < 4.78 is 6.94. The van der Waals surface area contributed by atoms with E-state index in [-0.39, 0.29) is 22.7 Å². The molecule has 0 aliphatic heterocycles. The Labute approximate surface area is 170 Å². The minimum Gasteiger partial charge on any atom is -0.449 e. The lowest BCUT2D eigenvalue weighted by Gasteiger charge is -2.24. The molecule has 28 heavy (non-hydrogen) atoms. The number of amides is 1. The topological polar surface area (TPSA) is 73.2 Å². The van der Waals surface area contributed by atoms with E-state index in [0.29, 0.717) is 12.2 Å². The quantitative estimate of drug-likeness (QED) is 0.742. The van der Waals surface area contributed by atoms with Crippen molar-refractivity contribution < 1.29 is 14.3 Å². The van der Waals surface area contributed by atoms with Gasteiger partial charge in [-0.05, 0) is 32.3 Å². The zero-order chi connectivity index (χ0) is 20.1. The van der Waals surface area contributed by atoms with E-state index in [0.717, 1.165) is 31.2 Å². The minimum absolute atomic E-state index is 0.168. The summed E-state index contributed by atoms with van der Waals surface area (Å²) in [5, 5.41) is 7.54. The zero-order valence-corrected chi connectivity index (χ0v) is 17.0. The predicted molar refractivity (Wildman–Crippen MR) is 107 cm³/mol. The molecule has 150 valence electrons. The number of nitrogens with zero attached hydrogens (tertiary/aromatic N) is 2. The fourth-order valence-corrected chi connectivity index (χ4v) is 3.80. The van der Waals surface area contributed by atoms with Crippen LogP contribution in [0.15, 0.2) is 30.3 Å². The van der Waals surface area contributed by atoms with Crippen molar-refractivity contribution in [1.29, 1.82) is 0 Å². The van der Waals surface area contributed by atoms with Crippen molar-refractivity contribution in [1.82, 2.24) is 15.1 Å². The molecule has 0 unspecified atom stereocenters. The Morgan fingerprint density at radius 1 is 1.25 bits per heavy atom. The first-order valence-electron chi connectivity index (χ1n) is 9.74. The number of benzene rings is 1. The molecular formula is C21H26ClN3O3. The molecule has 0 bridgehead atoms. The molecule has 1 aromatic carbocycles. The average Bonchev–Trinajstić information content (AvgIpc) is 2.96. The van der Waals surface area contributed by atoms with Gasteiger partial charge >= 0.3 is 5.97 Å². The van der Waals surface area contributed by atoms with Crippen molar-refractivity contribution in [3.05, 3.63) is 52.3 Å². The van der Waals surface area contributed by atoms with Crippen molar-refractivity contribution in [3.63, 3.8) is 0 Å². The van der Waals surface area contributed by atoms with Crippen LogP contribution in [0.4, 0.5) is 0 Å². The smallest absolute Gasteiger partial charge is 0.343 e. The maximum absolute atomic E-state index is 12.6. The van der Waals surface area contributed by atoms with Gasteiger partial charge in [0.05, 0.1) is 12.2 Å². The molecule has 1 aliphatic carbocycles. The molecule has 1 amide bonds. The molecule has 0 spiro atoms. The second kappa shape index (κ2) is 9.24. The molecule has 2 aromatic rings. The molecule has 3 rings (SSSR count). The van der Waals surface area contributed by atoms with Crippen molar-refractivity contribution in [2.45, 2.75) is 64.6 Å². The van der Waals surface area contributed by atoms with E-state index in [1.165, 1.54) is 6.42 Å². The van der Waals surface area contributed by atoms with E-state index in [2.05, 4.69) is 10.4 Å². The number of ether oxygens (including phenoxy) is 1. The van der Waals surface area contributed by atoms with Crippen LogP contribution in [-0.4, -0.2) is 33.8 Å². The fourth-order valence-electron chi connectivity index (χ4n) is 3.48. The molecule has 0 saturated heterocycles. The normalized spacial score (nSPS) is 15.8. The van der Waals surface area contributed by atoms with Gasteiger partial charge in [-0.2, -0.15) is 5.10 Å². The van der Waals surface area contributed by atoms with Crippen LogP contribution in [0, 0.1) is 6.92 Å². The summed E-state index contributed by atoms with van der Waals surface area (Å²) in [5.41, 5.74) is 1.70. The van der Waals surface area contributed by atoms with Crippen LogP contribution in [0.2, 0.25) is 5.15 Å². The molecule has 1 atom stereocenters. The highest BCUT2D eigenvalue weighted by Crippen LogP contribution is 2.23. The van der Waals surface area contributed by atoms with Crippen LogP contribution in [0.3, 0.4) is 0 Å². The summed E-state index contributed by atoms with van der Waals surface area (Å²) in [5.74, 6) is -0.904. The number of hydrogen-bond acceptors (Lipinski definition) is 4. The Morgan fingerprint density at radius 3 is 2.61 bits per heavy atom. The Bertz CT molecular complexity index is 829. The Kier molecular flexibility index (Phi) is 6.73. The average molecular weight is 404 g/mol. The van der Waals surface area contributed by atoms with Gasteiger partial charge in [0.25, 0.3) is 5.91 Å². The van der Waals surface area contributed by atoms with Crippen LogP contribution in [0.5, 0.6) is 0 Å². The van der Waals surface area contributed by atoms with Gasteiger partial charge in [0, 0.05) is 6.04 Å². The first kappa shape index (κ1) is 20.4. The zero-order valence-electron chi connectivity index (χ0n) is 16.3. The van der Waals surface area contributed by atoms with E-state index in [1.807, 2.05) is 30.3 Å². The van der Waals surface area contributed by atoms with Crippen molar-refractivity contribution in [2.24, 2.45) is 0 Å². The van der Waals surface area contributed by atoms with Gasteiger partial charge in [-0.3, -0.25) is 4.79 Å². The third-order valence-corrected chi connectivity index (χ3v) is 5.43. The summed E-state index contributed by atoms with van der Waals surface area (Å²) >= 11 is 6.39. The van der Waals surface area contributed by atoms with Gasteiger partial charge in [-0.25, -0.2) is 9.48 Å². The molecule has 1 heterocycles. The number of aryl methyl sites for hydroxylation is 1. The van der Waals surface area contributed by atoms with E-state index < -0.39 is 12.1 Å². The number of nitrogens with one attached hydrogen (secondary N) is 1. The monoisotopic (exact) mass is 403 g/mol. The number of hydrogen-bond donors (Lipinski definition) is 1. The lowest BCUT2D eigenvalue weighted by molar-refractivity contribution is -0.130. The van der Waals surface area contributed by atoms with Gasteiger partial charge in [-0.1, -0.05) is 61.2 Å². The highest BCUT2D eigenvalue weighted by atomic mass is 35.5. The molecule has 0 radical (unpaired) electrons. The second-order valence-electron chi connectivity index (χ2n) is 7.29. The van der Waals surface area contributed by atoms with Crippen molar-refractivity contribution >= 4 is 23.5 Å².